The van der Waals surface area contributed by atoms with Crippen molar-refractivity contribution in [3.8, 4) is 0 Å². The third-order valence-electron chi connectivity index (χ3n) is 5.45. The Kier molecular flexibility index (Phi) is 7.25. The number of non-ortho nitro benzene ring substituents is 1. The summed E-state index contributed by atoms with van der Waals surface area (Å²) in [6.45, 7) is 3.91. The van der Waals surface area contributed by atoms with E-state index < -0.39 is 16.9 Å². The minimum atomic E-state index is -0.728. The van der Waals surface area contributed by atoms with Gasteiger partial charge in [0.05, 0.1) is 35.3 Å². The van der Waals surface area contributed by atoms with Crippen LogP contribution in [-0.4, -0.2) is 38.5 Å². The quantitative estimate of drug-likeness (QED) is 0.334. The first-order valence-electron chi connectivity index (χ1n) is 10.9. The Balaban J connectivity index is 1.65. The summed E-state index contributed by atoms with van der Waals surface area (Å²) in [5.74, 6) is -0.773. The standard InChI is InChI=1S/C24H23N5O5S/c1-3-34-23(31)21-15(2)27-24-28(22(21)17-7-4-8-18(10-17)29(32)33)19(14-35-24)11-20(30)26-13-16-6-5-9-25-12-16/h4-10,12,14,22H,3,11,13H2,1-2H3,(H,26,30)/t22-/m0/s1. The minimum Gasteiger partial charge on any atom is -0.463 e. The van der Waals surface area contributed by atoms with Crippen LogP contribution in [-0.2, 0) is 20.9 Å². The van der Waals surface area contributed by atoms with Gasteiger partial charge in [-0.25, -0.2) is 9.79 Å². The molecular weight excluding hydrogens is 470 g/mol. The molecule has 1 aromatic carbocycles. The molecule has 2 aliphatic rings. The highest BCUT2D eigenvalue weighted by Crippen LogP contribution is 2.45. The highest BCUT2D eigenvalue weighted by atomic mass is 32.2. The third kappa shape index (κ3) is 5.24. The van der Waals surface area contributed by atoms with Gasteiger partial charge in [0.15, 0.2) is 5.17 Å². The molecule has 0 radical (unpaired) electrons. The number of nitrogens with one attached hydrogen (secondary N) is 1. The van der Waals surface area contributed by atoms with Crippen LogP contribution in [0.2, 0.25) is 0 Å². The Morgan fingerprint density at radius 1 is 1.29 bits per heavy atom. The van der Waals surface area contributed by atoms with Crippen molar-refractivity contribution in [2.24, 2.45) is 4.99 Å². The number of ether oxygens (including phenoxy) is 1. The molecule has 0 saturated carbocycles. The molecule has 0 aliphatic carbocycles. The fraction of sp³-hybridized carbons (Fsp3) is 0.250. The van der Waals surface area contributed by atoms with Gasteiger partial charge in [-0.1, -0.05) is 30.0 Å². The van der Waals surface area contributed by atoms with Gasteiger partial charge >= 0.3 is 5.97 Å². The zero-order valence-corrected chi connectivity index (χ0v) is 19.9. The molecule has 3 heterocycles. The smallest absolute Gasteiger partial charge is 0.338 e. The number of hydrogen-bond acceptors (Lipinski definition) is 9. The second-order valence-corrected chi connectivity index (χ2v) is 8.62. The average Bonchev–Trinajstić information content (AvgIpc) is 3.24. The number of esters is 1. The molecule has 4 rings (SSSR count). The van der Waals surface area contributed by atoms with Crippen LogP contribution < -0.4 is 5.32 Å². The number of rotatable bonds is 8. The molecule has 0 spiro atoms. The number of aromatic nitrogens is 1. The van der Waals surface area contributed by atoms with E-state index in [0.717, 1.165) is 5.56 Å². The van der Waals surface area contributed by atoms with Crippen molar-refractivity contribution >= 4 is 34.5 Å². The average molecular weight is 494 g/mol. The molecule has 1 aromatic heterocycles. The number of thioether (sulfide) groups is 1. The van der Waals surface area contributed by atoms with Crippen molar-refractivity contribution in [3.63, 3.8) is 0 Å². The number of carbonyl (C=O) groups excluding carboxylic acids is 2. The van der Waals surface area contributed by atoms with Gasteiger partial charge in [-0.15, -0.1) is 0 Å². The molecule has 0 unspecified atom stereocenters. The highest BCUT2D eigenvalue weighted by molar-refractivity contribution is 8.16. The number of nitrogens with zero attached hydrogens (tertiary/aromatic N) is 4. The fourth-order valence-electron chi connectivity index (χ4n) is 3.89. The summed E-state index contributed by atoms with van der Waals surface area (Å²) >= 11 is 1.33. The summed E-state index contributed by atoms with van der Waals surface area (Å²) in [5.41, 5.74) is 2.67. The van der Waals surface area contributed by atoms with Gasteiger partial charge in [-0.2, -0.15) is 0 Å². The van der Waals surface area contributed by atoms with E-state index >= 15 is 0 Å². The lowest BCUT2D eigenvalue weighted by molar-refractivity contribution is -0.384. The topological polar surface area (TPSA) is 127 Å². The van der Waals surface area contributed by atoms with Gasteiger partial charge in [0.2, 0.25) is 5.91 Å². The SMILES string of the molecule is CCOC(=O)C1=C(C)N=C2SC=C(CC(=O)NCc3cccnc3)N2[C@H]1c1cccc([N+](=O)[O-])c1. The first-order chi connectivity index (χ1) is 16.9. The Morgan fingerprint density at radius 3 is 2.83 bits per heavy atom. The van der Waals surface area contributed by atoms with Crippen LogP contribution >= 0.6 is 11.8 Å². The molecule has 0 saturated heterocycles. The summed E-state index contributed by atoms with van der Waals surface area (Å²) in [7, 11) is 0. The van der Waals surface area contributed by atoms with E-state index in [4.69, 9.17) is 4.74 Å². The lowest BCUT2D eigenvalue weighted by Crippen LogP contribution is -2.38. The molecule has 2 aromatic rings. The van der Waals surface area contributed by atoms with E-state index in [0.29, 0.717) is 28.7 Å². The van der Waals surface area contributed by atoms with Gasteiger partial charge < -0.3 is 15.0 Å². The number of aliphatic imine (C=N–C) groups is 1. The van der Waals surface area contributed by atoms with Crippen LogP contribution in [0.15, 0.2) is 76.2 Å². The Morgan fingerprint density at radius 2 is 2.11 bits per heavy atom. The Hall–Kier alpha value is -3.99. The van der Waals surface area contributed by atoms with E-state index in [1.807, 2.05) is 11.5 Å². The van der Waals surface area contributed by atoms with E-state index in [9.17, 15) is 19.7 Å². The lowest BCUT2D eigenvalue weighted by Gasteiger charge is -2.36. The molecule has 180 valence electrons. The summed E-state index contributed by atoms with van der Waals surface area (Å²) in [6.07, 6.45) is 3.37. The number of benzene rings is 1. The first kappa shape index (κ1) is 24.1. The summed E-state index contributed by atoms with van der Waals surface area (Å²) in [4.78, 5) is 47.1. The Bertz CT molecular complexity index is 1260. The van der Waals surface area contributed by atoms with Crippen LogP contribution in [0, 0.1) is 10.1 Å². The molecule has 0 fully saturated rings. The Labute approximate surface area is 205 Å². The summed E-state index contributed by atoms with van der Waals surface area (Å²) in [5, 5.41) is 16.7. The second kappa shape index (κ2) is 10.5. The van der Waals surface area contributed by atoms with E-state index in [2.05, 4.69) is 15.3 Å². The number of amides is 1. The number of fused-ring (bicyclic) bond motifs is 1. The van der Waals surface area contributed by atoms with Gasteiger partial charge in [0, 0.05) is 36.8 Å². The van der Waals surface area contributed by atoms with Gasteiger partial charge in [-0.3, -0.25) is 19.9 Å². The van der Waals surface area contributed by atoms with Crippen LogP contribution in [0.4, 0.5) is 5.69 Å². The maximum Gasteiger partial charge on any atom is 0.338 e. The number of amidine groups is 1. The van der Waals surface area contributed by atoms with Crippen molar-refractivity contribution in [1.29, 1.82) is 0 Å². The molecule has 11 heteroatoms. The van der Waals surface area contributed by atoms with Crippen molar-refractivity contribution < 1.29 is 19.2 Å². The maximum absolute atomic E-state index is 13.0. The maximum atomic E-state index is 13.0. The van der Waals surface area contributed by atoms with Gasteiger partial charge in [-0.05, 0) is 36.4 Å². The molecular formula is C24H23N5O5S. The molecule has 0 bridgehead atoms. The van der Waals surface area contributed by atoms with Crippen LogP contribution in [0.3, 0.4) is 0 Å². The molecule has 35 heavy (non-hydrogen) atoms. The zero-order valence-electron chi connectivity index (χ0n) is 19.1. The van der Waals surface area contributed by atoms with E-state index in [1.165, 1.54) is 23.9 Å². The molecule has 10 nitrogen and oxygen atoms in total. The van der Waals surface area contributed by atoms with Crippen LogP contribution in [0.5, 0.6) is 0 Å². The zero-order chi connectivity index (χ0) is 24.9. The monoisotopic (exact) mass is 493 g/mol. The van der Waals surface area contributed by atoms with Crippen molar-refractivity contribution in [2.75, 3.05) is 6.61 Å². The predicted octanol–water partition coefficient (Wildman–Crippen LogP) is 3.83. The van der Waals surface area contributed by atoms with Crippen molar-refractivity contribution in [3.05, 3.63) is 92.4 Å². The number of allylic oxidation sites excluding steroid dienone is 1. The second-order valence-electron chi connectivity index (χ2n) is 7.78. The van der Waals surface area contributed by atoms with Crippen LogP contribution in [0.1, 0.15) is 37.4 Å². The number of carbonyl (C=O) groups is 2. The van der Waals surface area contributed by atoms with Gasteiger partial charge in [0.1, 0.15) is 0 Å². The fourth-order valence-corrected chi connectivity index (χ4v) is 4.86. The lowest BCUT2D eigenvalue weighted by atomic mass is 9.93. The molecule has 1 amide bonds. The molecule has 1 N–H and O–H groups in total. The largest absolute Gasteiger partial charge is 0.463 e. The molecule has 2 aliphatic heterocycles. The van der Waals surface area contributed by atoms with E-state index in [-0.39, 0.29) is 30.2 Å². The summed E-state index contributed by atoms with van der Waals surface area (Å²) in [6, 6.07) is 9.05. The van der Waals surface area contributed by atoms with E-state index in [1.54, 1.807) is 49.3 Å². The third-order valence-corrected chi connectivity index (χ3v) is 6.34. The first-order valence-corrected chi connectivity index (χ1v) is 11.8. The predicted molar refractivity (Wildman–Crippen MR) is 131 cm³/mol. The number of pyridine rings is 1. The molecule has 1 atom stereocenters. The summed E-state index contributed by atoms with van der Waals surface area (Å²) < 4.78 is 5.30. The van der Waals surface area contributed by atoms with Crippen LogP contribution in [0.25, 0.3) is 0 Å². The highest BCUT2D eigenvalue weighted by Gasteiger charge is 2.41. The normalized spacial score (nSPS) is 16.9. The van der Waals surface area contributed by atoms with Gasteiger partial charge in [0.25, 0.3) is 5.69 Å². The number of hydrogen-bond donors (Lipinski definition) is 1. The number of nitro benzene ring substituents is 1. The van der Waals surface area contributed by atoms with Crippen molar-refractivity contribution in [1.82, 2.24) is 15.2 Å². The number of nitro groups is 1. The minimum absolute atomic E-state index is 0.0346. The van der Waals surface area contributed by atoms with Crippen molar-refractivity contribution in [2.45, 2.75) is 32.9 Å².